The molecule has 1 saturated heterocycles. The van der Waals surface area contributed by atoms with E-state index < -0.39 is 0 Å². The van der Waals surface area contributed by atoms with Crippen molar-refractivity contribution in [1.82, 2.24) is 10.2 Å². The van der Waals surface area contributed by atoms with E-state index >= 15 is 0 Å². The van der Waals surface area contributed by atoms with E-state index in [-0.39, 0.29) is 11.3 Å². The minimum Gasteiger partial charge on any atom is -0.354 e. The molecule has 1 unspecified atom stereocenters. The average molecular weight is 267 g/mol. The zero-order chi connectivity index (χ0) is 13.9. The molecule has 1 atom stereocenters. The molecule has 4 nitrogen and oxygen atoms in total. The van der Waals surface area contributed by atoms with E-state index in [1.807, 2.05) is 0 Å². The van der Waals surface area contributed by atoms with Crippen LogP contribution in [-0.4, -0.2) is 43.5 Å². The molecule has 0 aromatic rings. The molecule has 2 aliphatic rings. The van der Waals surface area contributed by atoms with Crippen LogP contribution in [0.4, 0.5) is 0 Å². The molecule has 0 aromatic heterocycles. The lowest BCUT2D eigenvalue weighted by atomic mass is 9.70. The predicted molar refractivity (Wildman–Crippen MR) is 77.8 cm³/mol. The first-order valence-electron chi connectivity index (χ1n) is 7.76. The van der Waals surface area contributed by atoms with Gasteiger partial charge in [0, 0.05) is 19.1 Å². The normalized spacial score (nSPS) is 36.4. The molecule has 1 aliphatic carbocycles. The van der Waals surface area contributed by atoms with Crippen LogP contribution in [0, 0.1) is 11.3 Å². The van der Waals surface area contributed by atoms with Crippen LogP contribution in [0.2, 0.25) is 0 Å². The zero-order valence-electron chi connectivity index (χ0n) is 12.5. The Hall–Kier alpha value is -0.610. The van der Waals surface area contributed by atoms with Gasteiger partial charge < -0.3 is 16.0 Å². The van der Waals surface area contributed by atoms with Crippen molar-refractivity contribution in [2.45, 2.75) is 51.5 Å². The molecule has 4 heteroatoms. The molecule has 1 aliphatic heterocycles. The van der Waals surface area contributed by atoms with Gasteiger partial charge in [-0.2, -0.15) is 0 Å². The molecule has 3 N–H and O–H groups in total. The fourth-order valence-corrected chi connectivity index (χ4v) is 3.47. The Labute approximate surface area is 117 Å². The summed E-state index contributed by atoms with van der Waals surface area (Å²) in [6, 6.07) is 0.515. The molecule has 1 saturated carbocycles. The van der Waals surface area contributed by atoms with Gasteiger partial charge in [-0.3, -0.25) is 4.79 Å². The van der Waals surface area contributed by atoms with Crippen molar-refractivity contribution in [2.75, 3.05) is 26.7 Å². The SMILES string of the molecule is CC1CCC(CN)(C(=O)NCC2CCCN2C)CC1. The summed E-state index contributed by atoms with van der Waals surface area (Å²) in [6.45, 7) is 4.70. The monoisotopic (exact) mass is 267 g/mol. The summed E-state index contributed by atoms with van der Waals surface area (Å²) in [5, 5.41) is 3.17. The average Bonchev–Trinajstić information content (AvgIpc) is 2.83. The van der Waals surface area contributed by atoms with E-state index in [9.17, 15) is 4.79 Å². The number of rotatable bonds is 4. The molecular formula is C15H29N3O. The quantitative estimate of drug-likeness (QED) is 0.808. The Balaban J connectivity index is 1.86. The van der Waals surface area contributed by atoms with Crippen LogP contribution in [0.1, 0.15) is 45.4 Å². The summed E-state index contributed by atoms with van der Waals surface area (Å²) in [4.78, 5) is 14.9. The first-order chi connectivity index (χ1) is 9.07. The summed E-state index contributed by atoms with van der Waals surface area (Å²) < 4.78 is 0. The maximum atomic E-state index is 12.5. The van der Waals surface area contributed by atoms with E-state index in [2.05, 4.69) is 24.2 Å². The van der Waals surface area contributed by atoms with Crippen molar-refractivity contribution < 1.29 is 4.79 Å². The number of amides is 1. The summed E-state index contributed by atoms with van der Waals surface area (Å²) in [5.74, 6) is 0.940. The fourth-order valence-electron chi connectivity index (χ4n) is 3.47. The third kappa shape index (κ3) is 3.29. The van der Waals surface area contributed by atoms with Gasteiger partial charge in [0.1, 0.15) is 0 Å². The maximum absolute atomic E-state index is 12.5. The van der Waals surface area contributed by atoms with Crippen LogP contribution in [0.15, 0.2) is 0 Å². The van der Waals surface area contributed by atoms with E-state index in [0.717, 1.165) is 44.7 Å². The second-order valence-electron chi connectivity index (χ2n) is 6.65. The Kier molecular flexibility index (Phi) is 4.85. The molecule has 0 spiro atoms. The molecular weight excluding hydrogens is 238 g/mol. The second kappa shape index (κ2) is 6.23. The predicted octanol–water partition coefficient (Wildman–Crippen LogP) is 1.35. The number of nitrogens with zero attached hydrogens (tertiary/aromatic N) is 1. The van der Waals surface area contributed by atoms with Crippen molar-refractivity contribution in [3.63, 3.8) is 0 Å². The van der Waals surface area contributed by atoms with Gasteiger partial charge in [-0.25, -0.2) is 0 Å². The number of carbonyl (C=O) groups is 1. The van der Waals surface area contributed by atoms with E-state index in [1.165, 1.54) is 12.8 Å². The van der Waals surface area contributed by atoms with Crippen LogP contribution >= 0.6 is 0 Å². The van der Waals surface area contributed by atoms with Crippen LogP contribution in [0.3, 0.4) is 0 Å². The number of nitrogens with two attached hydrogens (primary N) is 1. The van der Waals surface area contributed by atoms with Gasteiger partial charge in [0.25, 0.3) is 0 Å². The number of likely N-dealkylation sites (N-methyl/N-ethyl adjacent to an activating group) is 1. The largest absolute Gasteiger partial charge is 0.354 e. The van der Waals surface area contributed by atoms with Gasteiger partial charge in [0.05, 0.1) is 5.41 Å². The van der Waals surface area contributed by atoms with Crippen molar-refractivity contribution in [1.29, 1.82) is 0 Å². The lowest BCUT2D eigenvalue weighted by Gasteiger charge is -2.37. The molecule has 2 fully saturated rings. The molecule has 0 bridgehead atoms. The summed E-state index contributed by atoms with van der Waals surface area (Å²) in [7, 11) is 2.14. The molecule has 1 heterocycles. The molecule has 0 radical (unpaired) electrons. The Morgan fingerprint density at radius 3 is 2.58 bits per heavy atom. The Bertz CT molecular complexity index is 311. The molecule has 1 amide bonds. The van der Waals surface area contributed by atoms with Crippen LogP contribution in [0.5, 0.6) is 0 Å². The highest BCUT2D eigenvalue weighted by atomic mass is 16.2. The van der Waals surface area contributed by atoms with Gasteiger partial charge >= 0.3 is 0 Å². The van der Waals surface area contributed by atoms with Gasteiger partial charge in [0.2, 0.25) is 5.91 Å². The van der Waals surface area contributed by atoms with Crippen LogP contribution < -0.4 is 11.1 Å². The van der Waals surface area contributed by atoms with Gasteiger partial charge in [-0.15, -0.1) is 0 Å². The zero-order valence-corrected chi connectivity index (χ0v) is 12.5. The van der Waals surface area contributed by atoms with E-state index in [0.29, 0.717) is 12.6 Å². The number of hydrogen-bond donors (Lipinski definition) is 2. The lowest BCUT2D eigenvalue weighted by Crippen LogP contribution is -2.50. The molecule has 110 valence electrons. The first kappa shape index (κ1) is 14.8. The van der Waals surface area contributed by atoms with Crippen LogP contribution in [0.25, 0.3) is 0 Å². The smallest absolute Gasteiger partial charge is 0.227 e. The summed E-state index contributed by atoms with van der Waals surface area (Å²) >= 11 is 0. The first-order valence-corrected chi connectivity index (χ1v) is 7.76. The van der Waals surface area contributed by atoms with Gasteiger partial charge in [-0.1, -0.05) is 6.92 Å². The maximum Gasteiger partial charge on any atom is 0.227 e. The second-order valence-corrected chi connectivity index (χ2v) is 6.65. The minimum atomic E-state index is -0.288. The topological polar surface area (TPSA) is 58.4 Å². The third-order valence-corrected chi connectivity index (χ3v) is 5.27. The van der Waals surface area contributed by atoms with E-state index in [4.69, 9.17) is 5.73 Å². The number of hydrogen-bond acceptors (Lipinski definition) is 3. The van der Waals surface area contributed by atoms with Crippen molar-refractivity contribution in [2.24, 2.45) is 17.1 Å². The van der Waals surface area contributed by atoms with Crippen molar-refractivity contribution in [3.8, 4) is 0 Å². The standard InChI is InChI=1S/C15H29N3O/c1-12-5-7-15(11-16,8-6-12)14(19)17-10-13-4-3-9-18(13)2/h12-13H,3-11,16H2,1-2H3,(H,17,19). The highest BCUT2D eigenvalue weighted by Gasteiger charge is 2.40. The number of nitrogens with one attached hydrogen (secondary N) is 1. The third-order valence-electron chi connectivity index (χ3n) is 5.27. The van der Waals surface area contributed by atoms with Crippen molar-refractivity contribution >= 4 is 5.91 Å². The molecule has 19 heavy (non-hydrogen) atoms. The number of carbonyl (C=O) groups excluding carboxylic acids is 1. The van der Waals surface area contributed by atoms with Gasteiger partial charge in [0.15, 0.2) is 0 Å². The van der Waals surface area contributed by atoms with Gasteiger partial charge in [-0.05, 0) is 58.0 Å². The molecule has 0 aromatic carbocycles. The summed E-state index contributed by atoms with van der Waals surface area (Å²) in [5.41, 5.74) is 5.64. The van der Waals surface area contributed by atoms with E-state index in [1.54, 1.807) is 0 Å². The summed E-state index contributed by atoms with van der Waals surface area (Å²) in [6.07, 6.45) is 6.62. The minimum absolute atomic E-state index is 0.196. The highest BCUT2D eigenvalue weighted by Crippen LogP contribution is 2.38. The van der Waals surface area contributed by atoms with Crippen LogP contribution in [-0.2, 0) is 4.79 Å². The Morgan fingerprint density at radius 1 is 1.37 bits per heavy atom. The molecule has 2 rings (SSSR count). The Morgan fingerprint density at radius 2 is 2.05 bits per heavy atom. The fraction of sp³-hybridized carbons (Fsp3) is 0.933. The lowest BCUT2D eigenvalue weighted by molar-refractivity contribution is -0.133. The van der Waals surface area contributed by atoms with Crippen molar-refractivity contribution in [3.05, 3.63) is 0 Å². The number of likely N-dealkylation sites (tertiary alicyclic amines) is 1. The highest BCUT2D eigenvalue weighted by molar-refractivity contribution is 5.83.